The highest BCUT2D eigenvalue weighted by atomic mass is 19.1. The fourth-order valence-corrected chi connectivity index (χ4v) is 0.344. The minimum Gasteiger partial charge on any atom is -0.251 e. The van der Waals surface area contributed by atoms with Crippen LogP contribution >= 0.6 is 0 Å². The molecule has 0 aliphatic heterocycles. The van der Waals surface area contributed by atoms with Crippen molar-refractivity contribution in [3.05, 3.63) is 0 Å². The van der Waals surface area contributed by atoms with Crippen molar-refractivity contribution in [3.63, 3.8) is 0 Å². The van der Waals surface area contributed by atoms with Gasteiger partial charge in [-0.05, 0) is 6.42 Å². The van der Waals surface area contributed by atoms with Gasteiger partial charge in [0.25, 0.3) is 0 Å². The normalized spacial score (nSPS) is 7.71. The van der Waals surface area contributed by atoms with Crippen LogP contribution in [0.5, 0.6) is 0 Å². The lowest BCUT2D eigenvalue weighted by Gasteiger charge is -1.84. The van der Waals surface area contributed by atoms with Gasteiger partial charge in [-0.1, -0.05) is 27.2 Å². The van der Waals surface area contributed by atoms with Gasteiger partial charge >= 0.3 is 0 Å². The molecule has 1 heteroatoms. The second kappa shape index (κ2) is 9.33. The molecule has 0 nitrogen and oxygen atoms in total. The molecule has 0 amide bonds. The molecule has 0 aromatic carbocycles. The largest absolute Gasteiger partial charge is 0.251 e. The highest BCUT2D eigenvalue weighted by molar-refractivity contribution is 4.31. The van der Waals surface area contributed by atoms with Crippen LogP contribution in [0.25, 0.3) is 0 Å². The van der Waals surface area contributed by atoms with E-state index in [9.17, 15) is 4.39 Å². The van der Waals surface area contributed by atoms with E-state index in [0.717, 1.165) is 19.3 Å². The highest BCUT2D eigenvalue weighted by Gasteiger charge is 1.78. The number of halogens is 1. The lowest BCUT2D eigenvalue weighted by Crippen LogP contribution is -1.72. The van der Waals surface area contributed by atoms with Crippen molar-refractivity contribution in [2.24, 2.45) is 0 Å². The van der Waals surface area contributed by atoms with Gasteiger partial charge in [-0.15, -0.1) is 0 Å². The van der Waals surface area contributed by atoms with Crippen LogP contribution in [-0.4, -0.2) is 6.67 Å². The topological polar surface area (TPSA) is 0 Å². The lowest BCUT2D eigenvalue weighted by molar-refractivity contribution is 0.460. The van der Waals surface area contributed by atoms with Crippen LogP contribution < -0.4 is 0 Å². The molecule has 0 bridgehead atoms. The van der Waals surface area contributed by atoms with Crippen LogP contribution in [0.4, 0.5) is 4.39 Å². The first-order valence-corrected chi connectivity index (χ1v) is 2.47. The molecule has 0 aromatic rings. The molecule has 0 unspecified atom stereocenters. The summed E-state index contributed by atoms with van der Waals surface area (Å²) >= 11 is 0. The fourth-order valence-electron chi connectivity index (χ4n) is 0.344. The minimum absolute atomic E-state index is 0. The maximum atomic E-state index is 11.2. The van der Waals surface area contributed by atoms with Gasteiger partial charge in [0.1, 0.15) is 0 Å². The molecule has 0 saturated heterocycles. The van der Waals surface area contributed by atoms with Gasteiger partial charge in [-0.2, -0.15) is 0 Å². The molecule has 0 fully saturated rings. The zero-order valence-electron chi connectivity index (χ0n) is 4.21. The molecule has 0 atom stereocenters. The maximum Gasteiger partial charge on any atom is 0.0894 e. The number of unbranched alkanes of at least 4 members (excludes halogenated alkanes) is 2. The predicted octanol–water partition coefficient (Wildman–Crippen LogP) is 2.78. The Hall–Kier alpha value is -0.0700. The van der Waals surface area contributed by atoms with Crippen molar-refractivity contribution in [1.82, 2.24) is 0 Å². The monoisotopic (exact) mass is 106 g/mol. The van der Waals surface area contributed by atoms with Crippen molar-refractivity contribution in [3.8, 4) is 0 Å². The maximum absolute atomic E-state index is 11.2. The van der Waals surface area contributed by atoms with Crippen LogP contribution in [0.15, 0.2) is 0 Å². The Kier molecular flexibility index (Phi) is 13.4. The van der Waals surface area contributed by atoms with Crippen LogP contribution in [-0.2, 0) is 0 Å². The quantitative estimate of drug-likeness (QED) is 0.485. The van der Waals surface area contributed by atoms with Crippen LogP contribution in [0.3, 0.4) is 0 Å². The Labute approximate surface area is 45.7 Å². The number of rotatable bonds is 3. The summed E-state index contributed by atoms with van der Waals surface area (Å²) in [4.78, 5) is 0. The molecule has 0 heterocycles. The van der Waals surface area contributed by atoms with E-state index < -0.39 is 0 Å². The Morgan fingerprint density at radius 3 is 2.00 bits per heavy atom. The number of alkyl halides is 1. The Balaban J connectivity index is 0. The van der Waals surface area contributed by atoms with Gasteiger partial charge < -0.3 is 0 Å². The summed E-state index contributed by atoms with van der Waals surface area (Å²) in [5, 5.41) is 0. The molecule has 0 N–H and O–H groups in total. The number of hydrogen-bond donors (Lipinski definition) is 0. The minimum atomic E-state index is -0.145. The van der Waals surface area contributed by atoms with Crippen LogP contribution in [0, 0.1) is 0 Å². The van der Waals surface area contributed by atoms with E-state index in [1.165, 1.54) is 0 Å². The van der Waals surface area contributed by atoms with Crippen molar-refractivity contribution in [1.29, 1.82) is 0 Å². The third-order valence-electron chi connectivity index (χ3n) is 0.737. The Morgan fingerprint density at radius 1 is 1.29 bits per heavy atom. The third kappa shape index (κ3) is 10.7. The van der Waals surface area contributed by atoms with Gasteiger partial charge in [0.15, 0.2) is 0 Å². The molecule has 46 valence electrons. The van der Waals surface area contributed by atoms with E-state index in [0.29, 0.717) is 0 Å². The van der Waals surface area contributed by atoms with Crippen molar-refractivity contribution in [2.75, 3.05) is 6.67 Å². The first-order chi connectivity index (χ1) is 2.91. The first kappa shape index (κ1) is 10.0. The predicted molar refractivity (Wildman–Crippen MR) is 32.2 cm³/mol. The second-order valence-electron chi connectivity index (χ2n) is 1.40. The Bertz CT molecular complexity index is 16.1. The smallest absolute Gasteiger partial charge is 0.0894 e. The summed E-state index contributed by atoms with van der Waals surface area (Å²) < 4.78 is 11.2. The summed E-state index contributed by atoms with van der Waals surface area (Å²) in [5.41, 5.74) is 0. The van der Waals surface area contributed by atoms with Gasteiger partial charge in [-0.25, -0.2) is 0 Å². The van der Waals surface area contributed by atoms with Gasteiger partial charge in [0.05, 0.1) is 6.67 Å². The number of hydrogen-bond acceptors (Lipinski definition) is 0. The van der Waals surface area contributed by atoms with E-state index in [2.05, 4.69) is 6.92 Å². The zero-order valence-corrected chi connectivity index (χ0v) is 4.21. The molecular weight excluding hydrogens is 91.1 g/mol. The summed E-state index contributed by atoms with van der Waals surface area (Å²) in [6.07, 6.45) is 2.90. The molecule has 0 aliphatic rings. The first-order valence-electron chi connectivity index (χ1n) is 2.47. The van der Waals surface area contributed by atoms with Crippen molar-refractivity contribution >= 4 is 0 Å². The summed E-state index contributed by atoms with van der Waals surface area (Å²) in [5.74, 6) is 0. The molecule has 0 aromatic heterocycles. The van der Waals surface area contributed by atoms with Crippen molar-refractivity contribution in [2.45, 2.75) is 33.6 Å². The molecule has 0 radical (unpaired) electrons. The lowest BCUT2D eigenvalue weighted by atomic mass is 10.3. The molecular formula is C6H15F. The second-order valence-corrected chi connectivity index (χ2v) is 1.40. The molecule has 0 aliphatic carbocycles. The van der Waals surface area contributed by atoms with Crippen molar-refractivity contribution < 1.29 is 4.39 Å². The van der Waals surface area contributed by atoms with Crippen LogP contribution in [0.1, 0.15) is 33.6 Å². The summed E-state index contributed by atoms with van der Waals surface area (Å²) in [6, 6.07) is 0. The molecule has 7 heavy (non-hydrogen) atoms. The fraction of sp³-hybridized carbons (Fsp3) is 1.00. The standard InChI is InChI=1S/C5H11F.CH4/c1-2-3-4-5-6;/h2-5H2,1H3;1H4. The van der Waals surface area contributed by atoms with Crippen LogP contribution in [0.2, 0.25) is 0 Å². The highest BCUT2D eigenvalue weighted by Crippen LogP contribution is 1.91. The molecule has 0 rings (SSSR count). The SMILES string of the molecule is C.CCCCCF. The van der Waals surface area contributed by atoms with Gasteiger partial charge in [-0.3, -0.25) is 4.39 Å². The van der Waals surface area contributed by atoms with E-state index in [1.807, 2.05) is 0 Å². The van der Waals surface area contributed by atoms with Gasteiger partial charge in [0, 0.05) is 0 Å². The Morgan fingerprint density at radius 2 is 1.86 bits per heavy atom. The van der Waals surface area contributed by atoms with E-state index in [-0.39, 0.29) is 14.1 Å². The zero-order chi connectivity index (χ0) is 4.83. The summed E-state index contributed by atoms with van der Waals surface area (Å²) in [7, 11) is 0. The third-order valence-corrected chi connectivity index (χ3v) is 0.737. The van der Waals surface area contributed by atoms with Gasteiger partial charge in [0.2, 0.25) is 0 Å². The van der Waals surface area contributed by atoms with E-state index >= 15 is 0 Å². The van der Waals surface area contributed by atoms with E-state index in [4.69, 9.17) is 0 Å². The van der Waals surface area contributed by atoms with E-state index in [1.54, 1.807) is 0 Å². The summed E-state index contributed by atoms with van der Waals surface area (Å²) in [6.45, 7) is 1.92. The average Bonchev–Trinajstić information content (AvgIpc) is 1.61. The molecule has 0 spiro atoms. The average molecular weight is 106 g/mol. The molecule has 0 saturated carbocycles.